The maximum Gasteiger partial charge on any atom is 0.253 e. The molecule has 92 valence electrons. The number of nitrogens with one attached hydrogen (secondary N) is 1. The van der Waals surface area contributed by atoms with Gasteiger partial charge in [-0.2, -0.15) is 10.2 Å². The molecule has 0 saturated heterocycles. The van der Waals surface area contributed by atoms with Crippen molar-refractivity contribution in [3.63, 3.8) is 0 Å². The number of rotatable bonds is 3. The van der Waals surface area contributed by atoms with Gasteiger partial charge in [0.05, 0.1) is 22.8 Å². The predicted molar refractivity (Wildman–Crippen MR) is 71.9 cm³/mol. The quantitative estimate of drug-likeness (QED) is 0.848. The lowest BCUT2D eigenvalue weighted by Crippen LogP contribution is -2.23. The van der Waals surface area contributed by atoms with E-state index in [2.05, 4.69) is 28.1 Å². The number of carbonyl (C=O) groups is 1. The number of aromatic nitrogens is 2. The summed E-state index contributed by atoms with van der Waals surface area (Å²) in [4.78, 5) is 12.6. The van der Waals surface area contributed by atoms with Gasteiger partial charge in [-0.15, -0.1) is 12.6 Å². The number of halogens is 1. The zero-order valence-electron chi connectivity index (χ0n) is 9.30. The SMILES string of the molecule is O=C(NCc1cccnn1)c1cc(S)ccc1Cl. The topological polar surface area (TPSA) is 54.9 Å². The Kier molecular flexibility index (Phi) is 4.17. The normalized spacial score (nSPS) is 10.1. The van der Waals surface area contributed by atoms with Crippen LogP contribution in [0.1, 0.15) is 16.1 Å². The van der Waals surface area contributed by atoms with E-state index in [1.807, 2.05) is 0 Å². The Bertz CT molecular complexity index is 563. The molecule has 1 amide bonds. The van der Waals surface area contributed by atoms with Crippen LogP contribution in [0.2, 0.25) is 5.02 Å². The van der Waals surface area contributed by atoms with E-state index < -0.39 is 0 Å². The Morgan fingerprint density at radius 1 is 1.39 bits per heavy atom. The molecule has 6 heteroatoms. The van der Waals surface area contributed by atoms with Gasteiger partial charge in [0, 0.05) is 11.1 Å². The van der Waals surface area contributed by atoms with Crippen LogP contribution in [0.4, 0.5) is 0 Å². The van der Waals surface area contributed by atoms with Crippen molar-refractivity contribution in [2.24, 2.45) is 0 Å². The number of hydrogen-bond donors (Lipinski definition) is 2. The van der Waals surface area contributed by atoms with Crippen LogP contribution in [0, 0.1) is 0 Å². The molecule has 0 radical (unpaired) electrons. The molecular formula is C12H10ClN3OS. The fraction of sp³-hybridized carbons (Fsp3) is 0.0833. The zero-order chi connectivity index (χ0) is 13.0. The second-order valence-corrected chi connectivity index (χ2v) is 4.49. The van der Waals surface area contributed by atoms with E-state index in [0.29, 0.717) is 27.7 Å². The molecule has 0 aliphatic heterocycles. The highest BCUT2D eigenvalue weighted by molar-refractivity contribution is 7.80. The van der Waals surface area contributed by atoms with E-state index in [1.54, 1.807) is 36.5 Å². The Balaban J connectivity index is 2.06. The van der Waals surface area contributed by atoms with E-state index in [4.69, 9.17) is 11.6 Å². The number of hydrogen-bond acceptors (Lipinski definition) is 4. The van der Waals surface area contributed by atoms with Crippen molar-refractivity contribution in [2.45, 2.75) is 11.4 Å². The van der Waals surface area contributed by atoms with Gasteiger partial charge in [-0.25, -0.2) is 0 Å². The Morgan fingerprint density at radius 3 is 2.94 bits per heavy atom. The third-order valence-corrected chi connectivity index (χ3v) is 2.86. The van der Waals surface area contributed by atoms with Crippen molar-refractivity contribution in [1.82, 2.24) is 15.5 Å². The number of carbonyl (C=O) groups excluding carboxylic acids is 1. The monoisotopic (exact) mass is 279 g/mol. The van der Waals surface area contributed by atoms with Gasteiger partial charge in [0.25, 0.3) is 5.91 Å². The fourth-order valence-electron chi connectivity index (χ4n) is 1.38. The third-order valence-electron chi connectivity index (χ3n) is 2.25. The molecule has 0 fully saturated rings. The summed E-state index contributed by atoms with van der Waals surface area (Å²) >= 11 is 10.1. The standard InChI is InChI=1S/C12H10ClN3OS/c13-11-4-3-9(18)6-10(11)12(17)14-7-8-2-1-5-15-16-8/h1-6,18H,7H2,(H,14,17). The molecule has 0 saturated carbocycles. The largest absolute Gasteiger partial charge is 0.346 e. The second kappa shape index (κ2) is 5.84. The molecule has 0 bridgehead atoms. The molecule has 2 aromatic rings. The smallest absolute Gasteiger partial charge is 0.253 e. The van der Waals surface area contributed by atoms with E-state index in [-0.39, 0.29) is 5.91 Å². The van der Waals surface area contributed by atoms with Crippen LogP contribution >= 0.6 is 24.2 Å². The lowest BCUT2D eigenvalue weighted by molar-refractivity contribution is 0.0950. The molecule has 18 heavy (non-hydrogen) atoms. The van der Waals surface area contributed by atoms with Crippen LogP contribution in [-0.4, -0.2) is 16.1 Å². The zero-order valence-corrected chi connectivity index (χ0v) is 10.9. The molecule has 1 heterocycles. The van der Waals surface area contributed by atoms with Crippen LogP contribution in [0.5, 0.6) is 0 Å². The summed E-state index contributed by atoms with van der Waals surface area (Å²) in [6.07, 6.45) is 1.58. The molecule has 0 unspecified atom stereocenters. The fourth-order valence-corrected chi connectivity index (χ4v) is 1.79. The molecule has 0 spiro atoms. The van der Waals surface area contributed by atoms with E-state index >= 15 is 0 Å². The molecule has 0 aliphatic rings. The van der Waals surface area contributed by atoms with Gasteiger partial charge in [-0.05, 0) is 30.3 Å². The summed E-state index contributed by atoms with van der Waals surface area (Å²) in [5, 5.41) is 10.7. The predicted octanol–water partition coefficient (Wildman–Crippen LogP) is 2.35. The van der Waals surface area contributed by atoms with Gasteiger partial charge in [0.2, 0.25) is 0 Å². The summed E-state index contributed by atoms with van der Waals surface area (Å²) in [5.41, 5.74) is 1.08. The van der Waals surface area contributed by atoms with E-state index in [0.717, 1.165) is 0 Å². The summed E-state index contributed by atoms with van der Waals surface area (Å²) in [6.45, 7) is 0.305. The summed E-state index contributed by atoms with van der Waals surface area (Å²) in [5.74, 6) is -0.262. The van der Waals surface area contributed by atoms with Gasteiger partial charge in [0.1, 0.15) is 0 Å². The van der Waals surface area contributed by atoms with Crippen molar-refractivity contribution in [3.05, 3.63) is 52.8 Å². The highest BCUT2D eigenvalue weighted by Gasteiger charge is 2.10. The molecule has 1 aromatic heterocycles. The number of benzene rings is 1. The second-order valence-electron chi connectivity index (χ2n) is 3.56. The molecule has 1 aromatic carbocycles. The Morgan fingerprint density at radius 2 is 2.22 bits per heavy atom. The molecule has 4 nitrogen and oxygen atoms in total. The van der Waals surface area contributed by atoms with Crippen molar-refractivity contribution in [1.29, 1.82) is 0 Å². The molecule has 0 atom stereocenters. The molecule has 0 aliphatic carbocycles. The van der Waals surface area contributed by atoms with Crippen LogP contribution < -0.4 is 5.32 Å². The molecule has 2 rings (SSSR count). The summed E-state index contributed by atoms with van der Waals surface area (Å²) in [7, 11) is 0. The third kappa shape index (κ3) is 3.21. The van der Waals surface area contributed by atoms with Gasteiger partial charge in [-0.3, -0.25) is 4.79 Å². The average molecular weight is 280 g/mol. The number of nitrogens with zero attached hydrogens (tertiary/aromatic N) is 2. The first-order valence-corrected chi connectivity index (χ1v) is 6.02. The average Bonchev–Trinajstić information content (AvgIpc) is 2.40. The number of amides is 1. The first kappa shape index (κ1) is 12.9. The van der Waals surface area contributed by atoms with Gasteiger partial charge >= 0.3 is 0 Å². The lowest BCUT2D eigenvalue weighted by Gasteiger charge is -2.06. The summed E-state index contributed by atoms with van der Waals surface area (Å²) < 4.78 is 0. The Hall–Kier alpha value is -1.59. The van der Waals surface area contributed by atoms with Crippen LogP contribution in [0.3, 0.4) is 0 Å². The van der Waals surface area contributed by atoms with Gasteiger partial charge in [-0.1, -0.05) is 11.6 Å². The van der Waals surface area contributed by atoms with E-state index in [1.165, 1.54) is 0 Å². The van der Waals surface area contributed by atoms with Gasteiger partial charge in [0.15, 0.2) is 0 Å². The minimum Gasteiger partial charge on any atom is -0.346 e. The molecule has 1 N–H and O–H groups in total. The van der Waals surface area contributed by atoms with E-state index in [9.17, 15) is 4.79 Å². The van der Waals surface area contributed by atoms with Crippen molar-refractivity contribution >= 4 is 30.1 Å². The summed E-state index contributed by atoms with van der Waals surface area (Å²) in [6, 6.07) is 8.53. The molecular weight excluding hydrogens is 270 g/mol. The van der Waals surface area contributed by atoms with Crippen molar-refractivity contribution < 1.29 is 4.79 Å². The van der Waals surface area contributed by atoms with Crippen LogP contribution in [0.15, 0.2) is 41.4 Å². The highest BCUT2D eigenvalue weighted by atomic mass is 35.5. The Labute approximate surface area is 115 Å². The van der Waals surface area contributed by atoms with Crippen molar-refractivity contribution in [2.75, 3.05) is 0 Å². The lowest BCUT2D eigenvalue weighted by atomic mass is 10.2. The van der Waals surface area contributed by atoms with Crippen LogP contribution in [0.25, 0.3) is 0 Å². The van der Waals surface area contributed by atoms with Crippen LogP contribution in [-0.2, 0) is 6.54 Å². The highest BCUT2D eigenvalue weighted by Crippen LogP contribution is 2.19. The first-order chi connectivity index (χ1) is 8.66. The van der Waals surface area contributed by atoms with Crippen molar-refractivity contribution in [3.8, 4) is 0 Å². The minimum absolute atomic E-state index is 0.262. The van der Waals surface area contributed by atoms with Gasteiger partial charge < -0.3 is 5.32 Å². The first-order valence-electron chi connectivity index (χ1n) is 5.20. The minimum atomic E-state index is -0.262. The maximum absolute atomic E-state index is 11.9. The number of thiol groups is 1. The maximum atomic E-state index is 11.9.